The molecular weight excluding hydrogens is 399 g/mol. The maximum Gasteiger partial charge on any atom is 0.405 e. The van der Waals surface area contributed by atoms with Gasteiger partial charge in [0, 0.05) is 12.1 Å². The van der Waals surface area contributed by atoms with Crippen molar-refractivity contribution in [1.82, 2.24) is 10.2 Å². The minimum Gasteiger partial charge on any atom is -0.495 e. The molecule has 1 atom stereocenters. The van der Waals surface area contributed by atoms with Gasteiger partial charge in [0.05, 0.1) is 18.8 Å². The summed E-state index contributed by atoms with van der Waals surface area (Å²) in [5.41, 5.74) is 1.51. The first-order chi connectivity index (χ1) is 14.1. The maximum absolute atomic E-state index is 12.6. The van der Waals surface area contributed by atoms with Crippen LogP contribution in [0.3, 0.4) is 0 Å². The third-order valence-corrected chi connectivity index (χ3v) is 4.50. The van der Waals surface area contributed by atoms with E-state index in [1.165, 1.54) is 19.2 Å². The number of methoxy groups -OCH3 is 1. The van der Waals surface area contributed by atoms with Crippen molar-refractivity contribution in [2.24, 2.45) is 0 Å². The molecule has 2 amide bonds. The number of likely N-dealkylation sites (N-methyl/N-ethyl adjacent to an activating group) is 1. The molecule has 0 saturated carbocycles. The lowest BCUT2D eigenvalue weighted by Gasteiger charge is -2.24. The van der Waals surface area contributed by atoms with Crippen molar-refractivity contribution in [2.45, 2.75) is 25.7 Å². The number of hydrogen-bond donors (Lipinski definition) is 2. The predicted octanol–water partition coefficient (Wildman–Crippen LogP) is 3.45. The highest BCUT2D eigenvalue weighted by Gasteiger charge is 2.28. The molecule has 0 aliphatic carbocycles. The molecule has 0 saturated heterocycles. The number of carbonyl (C=O) groups is 2. The summed E-state index contributed by atoms with van der Waals surface area (Å²) in [7, 11) is 3.30. The lowest BCUT2D eigenvalue weighted by molar-refractivity contribution is -0.123. The fraction of sp³-hybridized carbons (Fsp3) is 0.333. The first-order valence-corrected chi connectivity index (χ1v) is 9.18. The molecule has 0 heterocycles. The van der Waals surface area contributed by atoms with E-state index in [0.29, 0.717) is 18.0 Å². The fourth-order valence-corrected chi connectivity index (χ4v) is 2.65. The molecule has 6 nitrogen and oxygen atoms in total. The number of anilines is 1. The predicted molar refractivity (Wildman–Crippen MR) is 107 cm³/mol. The Bertz CT molecular complexity index is 870. The van der Waals surface area contributed by atoms with Gasteiger partial charge in [0.2, 0.25) is 5.91 Å². The maximum atomic E-state index is 12.6. The number of ether oxygens (including phenoxy) is 1. The Morgan fingerprint density at radius 1 is 1.10 bits per heavy atom. The van der Waals surface area contributed by atoms with Gasteiger partial charge in [0.15, 0.2) is 0 Å². The van der Waals surface area contributed by atoms with Crippen LogP contribution in [0.1, 0.15) is 22.8 Å². The lowest BCUT2D eigenvalue weighted by Crippen LogP contribution is -2.39. The number of hydrogen-bond acceptors (Lipinski definition) is 4. The second-order valence-corrected chi connectivity index (χ2v) is 6.78. The second kappa shape index (κ2) is 10.1. The highest BCUT2D eigenvalue weighted by atomic mass is 19.4. The van der Waals surface area contributed by atoms with E-state index in [9.17, 15) is 22.8 Å². The van der Waals surface area contributed by atoms with Gasteiger partial charge in [-0.25, -0.2) is 0 Å². The Morgan fingerprint density at radius 3 is 2.33 bits per heavy atom. The van der Waals surface area contributed by atoms with Gasteiger partial charge in [-0.3, -0.25) is 14.5 Å². The molecule has 0 aliphatic heterocycles. The summed E-state index contributed by atoms with van der Waals surface area (Å²) in [4.78, 5) is 26.1. The zero-order valence-electron chi connectivity index (χ0n) is 16.9. The van der Waals surface area contributed by atoms with Crippen molar-refractivity contribution in [3.63, 3.8) is 0 Å². The van der Waals surface area contributed by atoms with Crippen molar-refractivity contribution in [2.75, 3.05) is 26.0 Å². The van der Waals surface area contributed by atoms with Gasteiger partial charge in [-0.15, -0.1) is 0 Å². The van der Waals surface area contributed by atoms with Crippen LogP contribution in [0.5, 0.6) is 5.75 Å². The van der Waals surface area contributed by atoms with Crippen molar-refractivity contribution in [3.8, 4) is 5.75 Å². The summed E-state index contributed by atoms with van der Waals surface area (Å²) < 4.78 is 41.8. The van der Waals surface area contributed by atoms with E-state index in [2.05, 4.69) is 5.32 Å². The third kappa shape index (κ3) is 6.77. The van der Waals surface area contributed by atoms with Gasteiger partial charge in [-0.1, -0.05) is 24.3 Å². The third-order valence-electron chi connectivity index (χ3n) is 4.50. The van der Waals surface area contributed by atoms with Crippen molar-refractivity contribution >= 4 is 17.5 Å². The number of halogens is 3. The number of alkyl halides is 3. The van der Waals surface area contributed by atoms with Crippen LogP contribution in [0.4, 0.5) is 18.9 Å². The van der Waals surface area contributed by atoms with Crippen LogP contribution in [-0.4, -0.2) is 49.6 Å². The Kier molecular flexibility index (Phi) is 7.82. The summed E-state index contributed by atoms with van der Waals surface area (Å²) in [6.45, 7) is 0.782. The van der Waals surface area contributed by atoms with Crippen LogP contribution in [-0.2, 0) is 11.3 Å². The van der Waals surface area contributed by atoms with Crippen LogP contribution >= 0.6 is 0 Å². The van der Waals surface area contributed by atoms with E-state index < -0.39 is 24.7 Å². The number of nitrogens with one attached hydrogen (secondary N) is 2. The van der Waals surface area contributed by atoms with Crippen LogP contribution in [0, 0.1) is 0 Å². The summed E-state index contributed by atoms with van der Waals surface area (Å²) in [6.07, 6.45) is -4.46. The highest BCUT2D eigenvalue weighted by Crippen LogP contribution is 2.23. The molecule has 0 fully saturated rings. The highest BCUT2D eigenvalue weighted by molar-refractivity contribution is 5.96. The minimum atomic E-state index is -4.46. The van der Waals surface area contributed by atoms with Crippen LogP contribution in [0.25, 0.3) is 0 Å². The first-order valence-electron chi connectivity index (χ1n) is 9.18. The van der Waals surface area contributed by atoms with Gasteiger partial charge in [0.1, 0.15) is 12.3 Å². The fourth-order valence-electron chi connectivity index (χ4n) is 2.65. The smallest absolute Gasteiger partial charge is 0.405 e. The molecule has 2 rings (SSSR count). The van der Waals surface area contributed by atoms with Gasteiger partial charge < -0.3 is 15.4 Å². The van der Waals surface area contributed by atoms with Crippen LogP contribution in [0.15, 0.2) is 48.5 Å². The zero-order valence-corrected chi connectivity index (χ0v) is 16.9. The lowest BCUT2D eigenvalue weighted by atomic mass is 10.1. The number of para-hydroxylation sites is 2. The summed E-state index contributed by atoms with van der Waals surface area (Å²) in [5.74, 6) is -0.456. The van der Waals surface area contributed by atoms with Crippen LogP contribution < -0.4 is 15.4 Å². The van der Waals surface area contributed by atoms with E-state index in [1.807, 2.05) is 10.2 Å². The molecule has 2 aromatic rings. The molecule has 1 unspecified atom stereocenters. The van der Waals surface area contributed by atoms with Gasteiger partial charge in [-0.2, -0.15) is 13.2 Å². The normalized spacial score (nSPS) is 12.4. The average molecular weight is 423 g/mol. The molecule has 2 N–H and O–H groups in total. The van der Waals surface area contributed by atoms with E-state index in [-0.39, 0.29) is 11.5 Å². The Morgan fingerprint density at radius 2 is 1.73 bits per heavy atom. The average Bonchev–Trinajstić information content (AvgIpc) is 2.71. The first kappa shape index (κ1) is 23.2. The van der Waals surface area contributed by atoms with Gasteiger partial charge in [-0.05, 0) is 43.8 Å². The van der Waals surface area contributed by atoms with E-state index in [0.717, 1.165) is 5.56 Å². The Hall–Kier alpha value is -3.07. The quantitative estimate of drug-likeness (QED) is 0.683. The van der Waals surface area contributed by atoms with Crippen LogP contribution in [0.2, 0.25) is 0 Å². The Balaban J connectivity index is 1.93. The molecule has 2 aromatic carbocycles. The molecule has 0 aliphatic rings. The minimum absolute atomic E-state index is 0.132. The topological polar surface area (TPSA) is 70.7 Å². The zero-order chi connectivity index (χ0) is 22.3. The SMILES string of the molecule is COc1ccccc1NC(=O)C(C)N(C)Cc1ccc(C(=O)NCC(F)(F)F)cc1. The van der Waals surface area contributed by atoms with E-state index >= 15 is 0 Å². The van der Waals surface area contributed by atoms with E-state index in [4.69, 9.17) is 4.74 Å². The molecular formula is C21H24F3N3O3. The monoisotopic (exact) mass is 423 g/mol. The molecule has 0 bridgehead atoms. The van der Waals surface area contributed by atoms with Crippen molar-refractivity contribution < 1.29 is 27.5 Å². The summed E-state index contributed by atoms with van der Waals surface area (Å²) in [6, 6.07) is 12.8. The largest absolute Gasteiger partial charge is 0.495 e. The number of rotatable bonds is 8. The Labute approximate surface area is 173 Å². The molecule has 0 radical (unpaired) electrons. The second-order valence-electron chi connectivity index (χ2n) is 6.78. The number of amides is 2. The summed E-state index contributed by atoms with van der Waals surface area (Å²) >= 11 is 0. The molecule has 0 spiro atoms. The molecule has 162 valence electrons. The molecule has 30 heavy (non-hydrogen) atoms. The number of carbonyl (C=O) groups excluding carboxylic acids is 2. The molecule has 0 aromatic heterocycles. The summed E-state index contributed by atoms with van der Waals surface area (Å²) in [5, 5.41) is 4.65. The van der Waals surface area contributed by atoms with E-state index in [1.54, 1.807) is 50.4 Å². The number of nitrogens with zero attached hydrogens (tertiary/aromatic N) is 1. The molecule has 9 heteroatoms. The standard InChI is InChI=1S/C21H24F3N3O3/c1-14(19(28)26-17-6-4-5-7-18(17)30-3)27(2)12-15-8-10-16(11-9-15)20(29)25-13-21(22,23)24/h4-11,14H,12-13H2,1-3H3,(H,25,29)(H,26,28). The van der Waals surface area contributed by atoms with Crippen molar-refractivity contribution in [3.05, 3.63) is 59.7 Å². The van der Waals surface area contributed by atoms with Gasteiger partial charge in [0.25, 0.3) is 5.91 Å². The van der Waals surface area contributed by atoms with Crippen molar-refractivity contribution in [1.29, 1.82) is 0 Å². The van der Waals surface area contributed by atoms with Gasteiger partial charge >= 0.3 is 6.18 Å². The number of benzene rings is 2.